The Morgan fingerprint density at radius 1 is 1.35 bits per heavy atom. The zero-order valence-corrected chi connectivity index (χ0v) is 11.8. The summed E-state index contributed by atoms with van der Waals surface area (Å²) in [5.41, 5.74) is 0.609. The van der Waals surface area contributed by atoms with Crippen LogP contribution in [0.15, 0.2) is 24.3 Å². The Labute approximate surface area is 120 Å². The molecule has 0 spiro atoms. The van der Waals surface area contributed by atoms with Crippen LogP contribution in [0.3, 0.4) is 0 Å². The third kappa shape index (κ3) is 3.11. The lowest BCUT2D eigenvalue weighted by molar-refractivity contribution is -0.125. The first kappa shape index (κ1) is 14.4. The topological polar surface area (TPSA) is 84.5 Å². The van der Waals surface area contributed by atoms with E-state index in [-0.39, 0.29) is 5.91 Å². The highest BCUT2D eigenvalue weighted by molar-refractivity contribution is 8.15. The van der Waals surface area contributed by atoms with E-state index >= 15 is 0 Å². The second-order valence-electron chi connectivity index (χ2n) is 4.32. The van der Waals surface area contributed by atoms with Crippen LogP contribution in [0.4, 0.5) is 10.5 Å². The summed E-state index contributed by atoms with van der Waals surface area (Å²) >= 11 is 0.846. The molecule has 1 aliphatic rings. The van der Waals surface area contributed by atoms with E-state index in [4.69, 9.17) is 4.74 Å². The summed E-state index contributed by atoms with van der Waals surface area (Å²) in [4.78, 5) is 34.7. The molecule has 7 heteroatoms. The molecule has 1 fully saturated rings. The van der Waals surface area contributed by atoms with Gasteiger partial charge in [-0.2, -0.15) is 0 Å². The molecule has 6 nitrogen and oxygen atoms in total. The van der Waals surface area contributed by atoms with Crippen molar-refractivity contribution < 1.29 is 19.1 Å². The van der Waals surface area contributed by atoms with Gasteiger partial charge < -0.3 is 10.1 Å². The summed E-state index contributed by atoms with van der Waals surface area (Å²) in [7, 11) is 1.56. The Kier molecular flexibility index (Phi) is 4.29. The lowest BCUT2D eigenvalue weighted by atomic mass is 10.1. The minimum atomic E-state index is -0.680. The number of benzene rings is 1. The predicted molar refractivity (Wildman–Crippen MR) is 75.7 cm³/mol. The molecule has 0 saturated carbocycles. The van der Waals surface area contributed by atoms with Crippen molar-refractivity contribution in [1.29, 1.82) is 0 Å². The molecular weight excluding hydrogens is 280 g/mol. The van der Waals surface area contributed by atoms with Gasteiger partial charge in [-0.3, -0.25) is 19.7 Å². The van der Waals surface area contributed by atoms with Crippen molar-refractivity contribution in [2.75, 3.05) is 12.4 Å². The highest BCUT2D eigenvalue weighted by Crippen LogP contribution is 2.27. The zero-order chi connectivity index (χ0) is 14.7. The number of nitrogens with one attached hydrogen (secondary N) is 2. The van der Waals surface area contributed by atoms with Gasteiger partial charge in [0, 0.05) is 5.69 Å². The second kappa shape index (κ2) is 5.96. The van der Waals surface area contributed by atoms with Crippen molar-refractivity contribution in [3.63, 3.8) is 0 Å². The normalized spacial score (nSPS) is 19.4. The van der Waals surface area contributed by atoms with Crippen molar-refractivity contribution >= 4 is 34.5 Å². The van der Waals surface area contributed by atoms with Gasteiger partial charge >= 0.3 is 0 Å². The number of anilines is 1. The van der Waals surface area contributed by atoms with Crippen LogP contribution in [0.5, 0.6) is 5.75 Å². The SMILES string of the molecule is COc1ccc(NC(=O)[C@H](C)[C@H]2SC(=O)NC2=O)cc1. The molecule has 0 aromatic heterocycles. The fourth-order valence-corrected chi connectivity index (χ4v) is 2.65. The van der Waals surface area contributed by atoms with E-state index in [0.717, 1.165) is 11.8 Å². The third-order valence-corrected chi connectivity index (χ3v) is 4.14. The largest absolute Gasteiger partial charge is 0.497 e. The van der Waals surface area contributed by atoms with E-state index in [1.54, 1.807) is 38.3 Å². The van der Waals surface area contributed by atoms with E-state index in [0.29, 0.717) is 11.4 Å². The first-order valence-electron chi connectivity index (χ1n) is 5.97. The van der Waals surface area contributed by atoms with E-state index in [1.807, 2.05) is 0 Å². The van der Waals surface area contributed by atoms with Gasteiger partial charge in [0.2, 0.25) is 11.8 Å². The summed E-state index contributed by atoms with van der Waals surface area (Å²) < 4.78 is 5.02. The number of hydrogen-bond acceptors (Lipinski definition) is 5. The van der Waals surface area contributed by atoms with Gasteiger partial charge in [0.15, 0.2) is 0 Å². The minimum absolute atomic E-state index is 0.308. The Balaban J connectivity index is 2.00. The number of thioether (sulfide) groups is 1. The van der Waals surface area contributed by atoms with E-state index in [1.165, 1.54) is 0 Å². The third-order valence-electron chi connectivity index (χ3n) is 2.94. The quantitative estimate of drug-likeness (QED) is 0.881. The first-order valence-corrected chi connectivity index (χ1v) is 6.85. The summed E-state index contributed by atoms with van der Waals surface area (Å²) in [6.07, 6.45) is 0. The number of amides is 3. The molecule has 0 bridgehead atoms. The molecule has 1 heterocycles. The lowest BCUT2D eigenvalue weighted by Gasteiger charge is -2.15. The molecule has 1 aliphatic heterocycles. The van der Waals surface area contributed by atoms with Gasteiger partial charge in [0.25, 0.3) is 5.24 Å². The number of methoxy groups -OCH3 is 1. The van der Waals surface area contributed by atoms with Crippen LogP contribution in [0.1, 0.15) is 6.92 Å². The molecule has 20 heavy (non-hydrogen) atoms. The number of rotatable bonds is 4. The monoisotopic (exact) mass is 294 g/mol. The number of carbonyl (C=O) groups is 3. The molecule has 2 rings (SSSR count). The van der Waals surface area contributed by atoms with Gasteiger partial charge in [0.1, 0.15) is 11.0 Å². The van der Waals surface area contributed by atoms with Crippen LogP contribution in [0, 0.1) is 5.92 Å². The Bertz CT molecular complexity index is 544. The molecule has 106 valence electrons. The number of ether oxygens (including phenoxy) is 1. The molecule has 3 amide bonds. The lowest BCUT2D eigenvalue weighted by Crippen LogP contribution is -2.35. The van der Waals surface area contributed by atoms with Crippen molar-refractivity contribution in [2.24, 2.45) is 5.92 Å². The van der Waals surface area contributed by atoms with Gasteiger partial charge in [-0.25, -0.2) is 0 Å². The van der Waals surface area contributed by atoms with Crippen molar-refractivity contribution in [3.8, 4) is 5.75 Å². The van der Waals surface area contributed by atoms with Crippen molar-refractivity contribution in [1.82, 2.24) is 5.32 Å². The fourth-order valence-electron chi connectivity index (χ4n) is 1.77. The molecule has 2 N–H and O–H groups in total. The highest BCUT2D eigenvalue weighted by Gasteiger charge is 2.38. The maximum atomic E-state index is 12.1. The van der Waals surface area contributed by atoms with Crippen LogP contribution in [-0.2, 0) is 9.59 Å². The first-order chi connectivity index (χ1) is 9.51. The zero-order valence-electron chi connectivity index (χ0n) is 11.0. The van der Waals surface area contributed by atoms with Gasteiger partial charge in [-0.05, 0) is 24.3 Å². The molecule has 0 aliphatic carbocycles. The predicted octanol–water partition coefficient (Wildman–Crippen LogP) is 1.62. The Morgan fingerprint density at radius 3 is 2.50 bits per heavy atom. The number of imide groups is 1. The van der Waals surface area contributed by atoms with Crippen molar-refractivity contribution in [3.05, 3.63) is 24.3 Å². The number of hydrogen-bond donors (Lipinski definition) is 2. The molecule has 0 unspecified atom stereocenters. The van der Waals surface area contributed by atoms with Crippen molar-refractivity contribution in [2.45, 2.75) is 12.2 Å². The summed E-state index contributed by atoms with van der Waals surface area (Å²) in [6, 6.07) is 6.86. The second-order valence-corrected chi connectivity index (χ2v) is 5.44. The average Bonchev–Trinajstić information content (AvgIpc) is 2.77. The van der Waals surface area contributed by atoms with Crippen LogP contribution < -0.4 is 15.4 Å². The molecule has 1 aromatic carbocycles. The Morgan fingerprint density at radius 2 is 2.00 bits per heavy atom. The minimum Gasteiger partial charge on any atom is -0.497 e. The Hall–Kier alpha value is -2.02. The molecule has 1 aromatic rings. The fraction of sp³-hybridized carbons (Fsp3) is 0.308. The van der Waals surface area contributed by atoms with E-state index in [2.05, 4.69) is 10.6 Å². The van der Waals surface area contributed by atoms with Crippen LogP contribution in [0.25, 0.3) is 0 Å². The van der Waals surface area contributed by atoms with Gasteiger partial charge in [-0.15, -0.1) is 0 Å². The summed E-state index contributed by atoms with van der Waals surface area (Å²) in [5, 5.41) is 3.78. The summed E-state index contributed by atoms with van der Waals surface area (Å²) in [6.45, 7) is 1.62. The highest BCUT2D eigenvalue weighted by atomic mass is 32.2. The standard InChI is InChI=1S/C13H14N2O4S/c1-7(10-12(17)15-13(18)20-10)11(16)14-8-3-5-9(19-2)6-4-8/h3-7,10H,1-2H3,(H,14,16)(H,15,17,18)/t7-,10-/m1/s1. The van der Waals surface area contributed by atoms with Crippen LogP contribution in [0.2, 0.25) is 0 Å². The van der Waals surface area contributed by atoms with E-state index in [9.17, 15) is 14.4 Å². The molecule has 1 saturated heterocycles. The number of carbonyl (C=O) groups excluding carboxylic acids is 3. The molecular formula is C13H14N2O4S. The maximum absolute atomic E-state index is 12.1. The van der Waals surface area contributed by atoms with Crippen LogP contribution >= 0.6 is 11.8 Å². The van der Waals surface area contributed by atoms with Gasteiger partial charge in [-0.1, -0.05) is 18.7 Å². The maximum Gasteiger partial charge on any atom is 0.286 e. The molecule has 2 atom stereocenters. The molecule has 0 radical (unpaired) electrons. The van der Waals surface area contributed by atoms with Gasteiger partial charge in [0.05, 0.1) is 13.0 Å². The summed E-state index contributed by atoms with van der Waals surface area (Å²) in [5.74, 6) is -0.643. The smallest absolute Gasteiger partial charge is 0.286 e. The average molecular weight is 294 g/mol. The van der Waals surface area contributed by atoms with E-state index < -0.39 is 22.3 Å². The van der Waals surface area contributed by atoms with Crippen LogP contribution in [-0.4, -0.2) is 29.4 Å².